The Morgan fingerprint density at radius 2 is 2.11 bits per heavy atom. The Balaban J connectivity index is 2.29. The highest BCUT2D eigenvalue weighted by Gasteiger charge is 2.26. The van der Waals surface area contributed by atoms with Gasteiger partial charge in [-0.15, -0.1) is 0 Å². The lowest BCUT2D eigenvalue weighted by molar-refractivity contribution is 0.212. The van der Waals surface area contributed by atoms with Crippen LogP contribution in [0.15, 0.2) is 6.33 Å². The highest BCUT2D eigenvalue weighted by Crippen LogP contribution is 2.31. The summed E-state index contributed by atoms with van der Waals surface area (Å²) < 4.78 is 0. The molecule has 2 heterocycles. The van der Waals surface area contributed by atoms with Crippen LogP contribution >= 0.6 is 11.6 Å². The standard InChI is InChI=1S/C14H23ClN4/c1-5-11-8-19(7-6-18(11)4)14-12(10(2)3)13(15)16-9-17-14/h9-11H,5-8H2,1-4H3. The second kappa shape index (κ2) is 6.06. The van der Waals surface area contributed by atoms with Crippen molar-refractivity contribution in [3.8, 4) is 0 Å². The molecule has 1 aliphatic heterocycles. The van der Waals surface area contributed by atoms with Crippen LogP contribution in [0.25, 0.3) is 0 Å². The predicted molar refractivity (Wildman–Crippen MR) is 80.1 cm³/mol. The van der Waals surface area contributed by atoms with Crippen molar-refractivity contribution >= 4 is 17.4 Å². The molecule has 0 radical (unpaired) electrons. The van der Waals surface area contributed by atoms with Gasteiger partial charge in [-0.3, -0.25) is 4.90 Å². The summed E-state index contributed by atoms with van der Waals surface area (Å²) in [6.07, 6.45) is 2.73. The molecule has 0 spiro atoms. The average Bonchev–Trinajstić information content (AvgIpc) is 2.38. The van der Waals surface area contributed by atoms with Crippen LogP contribution in [-0.2, 0) is 0 Å². The lowest BCUT2D eigenvalue weighted by atomic mass is 10.0. The second-order valence-electron chi connectivity index (χ2n) is 5.55. The van der Waals surface area contributed by atoms with Crippen molar-refractivity contribution in [1.29, 1.82) is 0 Å². The highest BCUT2D eigenvalue weighted by molar-refractivity contribution is 6.30. The fourth-order valence-corrected chi connectivity index (χ4v) is 3.04. The largest absolute Gasteiger partial charge is 0.353 e. The van der Waals surface area contributed by atoms with Gasteiger partial charge < -0.3 is 4.90 Å². The molecule has 0 bridgehead atoms. The number of halogens is 1. The molecule has 0 saturated carbocycles. The fraction of sp³-hybridized carbons (Fsp3) is 0.714. The number of hydrogen-bond acceptors (Lipinski definition) is 4. The van der Waals surface area contributed by atoms with Crippen LogP contribution in [0.4, 0.5) is 5.82 Å². The summed E-state index contributed by atoms with van der Waals surface area (Å²) in [5, 5.41) is 0.590. The summed E-state index contributed by atoms with van der Waals surface area (Å²) in [4.78, 5) is 13.4. The molecule has 5 heteroatoms. The van der Waals surface area contributed by atoms with Gasteiger partial charge in [-0.05, 0) is 19.4 Å². The van der Waals surface area contributed by atoms with Crippen molar-refractivity contribution in [3.63, 3.8) is 0 Å². The fourth-order valence-electron chi connectivity index (χ4n) is 2.69. The van der Waals surface area contributed by atoms with E-state index in [0.717, 1.165) is 37.4 Å². The Hall–Kier alpha value is -0.870. The molecule has 1 saturated heterocycles. The van der Waals surface area contributed by atoms with Crippen molar-refractivity contribution in [3.05, 3.63) is 17.0 Å². The van der Waals surface area contributed by atoms with Gasteiger partial charge in [0.1, 0.15) is 17.3 Å². The molecular weight excluding hydrogens is 260 g/mol. The Kier molecular flexibility index (Phi) is 4.63. The van der Waals surface area contributed by atoms with Gasteiger partial charge in [0.25, 0.3) is 0 Å². The first-order valence-corrected chi connectivity index (χ1v) is 7.38. The monoisotopic (exact) mass is 282 g/mol. The minimum atomic E-state index is 0.337. The van der Waals surface area contributed by atoms with E-state index in [1.807, 2.05) is 0 Å². The second-order valence-corrected chi connectivity index (χ2v) is 5.90. The van der Waals surface area contributed by atoms with Crippen molar-refractivity contribution in [2.24, 2.45) is 0 Å². The molecule has 1 aromatic heterocycles. The van der Waals surface area contributed by atoms with Crippen LogP contribution in [0.5, 0.6) is 0 Å². The molecule has 0 aromatic carbocycles. The predicted octanol–water partition coefficient (Wildman–Crippen LogP) is 2.78. The third kappa shape index (κ3) is 3.00. The minimum absolute atomic E-state index is 0.337. The summed E-state index contributed by atoms with van der Waals surface area (Å²) in [6, 6.07) is 0.586. The first kappa shape index (κ1) is 14.5. The molecule has 1 aliphatic rings. The van der Waals surface area contributed by atoms with Gasteiger partial charge in [0, 0.05) is 31.2 Å². The topological polar surface area (TPSA) is 32.3 Å². The van der Waals surface area contributed by atoms with Crippen LogP contribution in [0.3, 0.4) is 0 Å². The number of hydrogen-bond donors (Lipinski definition) is 0. The van der Waals surface area contributed by atoms with Crippen molar-refractivity contribution in [2.75, 3.05) is 31.6 Å². The number of aromatic nitrogens is 2. The summed E-state index contributed by atoms with van der Waals surface area (Å²) in [6.45, 7) is 9.60. The Labute approximate surface area is 120 Å². The zero-order valence-electron chi connectivity index (χ0n) is 12.2. The molecule has 4 nitrogen and oxygen atoms in total. The molecular formula is C14H23ClN4. The van der Waals surface area contributed by atoms with Gasteiger partial charge in [0.15, 0.2) is 0 Å². The Morgan fingerprint density at radius 1 is 1.37 bits per heavy atom. The van der Waals surface area contributed by atoms with Gasteiger partial charge >= 0.3 is 0 Å². The molecule has 0 N–H and O–H groups in total. The van der Waals surface area contributed by atoms with Gasteiger partial charge in [-0.1, -0.05) is 32.4 Å². The first-order valence-electron chi connectivity index (χ1n) is 7.00. The Bertz CT molecular complexity index is 435. The van der Waals surface area contributed by atoms with Crippen LogP contribution in [0.2, 0.25) is 5.15 Å². The van der Waals surface area contributed by atoms with Gasteiger partial charge in [-0.25, -0.2) is 9.97 Å². The number of anilines is 1. The zero-order chi connectivity index (χ0) is 14.0. The smallest absolute Gasteiger partial charge is 0.138 e. The van der Waals surface area contributed by atoms with E-state index >= 15 is 0 Å². The maximum Gasteiger partial charge on any atom is 0.138 e. The molecule has 1 unspecified atom stereocenters. The maximum atomic E-state index is 6.25. The van der Waals surface area contributed by atoms with Crippen LogP contribution in [0, 0.1) is 0 Å². The minimum Gasteiger partial charge on any atom is -0.353 e. The molecule has 2 rings (SSSR count). The van der Waals surface area contributed by atoms with E-state index in [-0.39, 0.29) is 0 Å². The summed E-state index contributed by atoms with van der Waals surface area (Å²) in [5.41, 5.74) is 1.07. The van der Waals surface area contributed by atoms with Crippen LogP contribution < -0.4 is 4.90 Å². The number of likely N-dealkylation sites (N-methyl/N-ethyl adjacent to an activating group) is 1. The van der Waals surface area contributed by atoms with Gasteiger partial charge in [-0.2, -0.15) is 0 Å². The van der Waals surface area contributed by atoms with E-state index in [0.29, 0.717) is 17.1 Å². The molecule has 0 amide bonds. The van der Waals surface area contributed by atoms with Crippen LogP contribution in [0.1, 0.15) is 38.7 Å². The molecule has 1 atom stereocenters. The quantitative estimate of drug-likeness (QED) is 0.798. The van der Waals surface area contributed by atoms with Crippen LogP contribution in [-0.4, -0.2) is 47.6 Å². The van der Waals surface area contributed by atoms with E-state index in [1.165, 1.54) is 0 Å². The van der Waals surface area contributed by atoms with E-state index in [9.17, 15) is 0 Å². The zero-order valence-corrected chi connectivity index (χ0v) is 13.0. The SMILES string of the molecule is CCC1CN(c2ncnc(Cl)c2C(C)C)CCN1C. The van der Waals surface area contributed by atoms with E-state index in [1.54, 1.807) is 6.33 Å². The van der Waals surface area contributed by atoms with E-state index in [4.69, 9.17) is 11.6 Å². The summed E-state index contributed by atoms with van der Waals surface area (Å²) in [5.74, 6) is 1.35. The van der Waals surface area contributed by atoms with Gasteiger partial charge in [0.05, 0.1) is 0 Å². The molecule has 106 valence electrons. The van der Waals surface area contributed by atoms with Crippen molar-refractivity contribution in [2.45, 2.75) is 39.2 Å². The van der Waals surface area contributed by atoms with E-state index < -0.39 is 0 Å². The molecule has 1 fully saturated rings. The van der Waals surface area contributed by atoms with E-state index in [2.05, 4.69) is 47.6 Å². The third-order valence-electron chi connectivity index (χ3n) is 3.94. The number of nitrogens with zero attached hydrogens (tertiary/aromatic N) is 4. The Morgan fingerprint density at radius 3 is 2.74 bits per heavy atom. The third-order valence-corrected chi connectivity index (χ3v) is 4.24. The number of rotatable bonds is 3. The average molecular weight is 283 g/mol. The summed E-state index contributed by atoms with van der Waals surface area (Å²) >= 11 is 6.25. The van der Waals surface area contributed by atoms with Crippen molar-refractivity contribution < 1.29 is 0 Å². The van der Waals surface area contributed by atoms with Crippen molar-refractivity contribution in [1.82, 2.24) is 14.9 Å². The molecule has 19 heavy (non-hydrogen) atoms. The summed E-state index contributed by atoms with van der Waals surface area (Å²) in [7, 11) is 2.20. The first-order chi connectivity index (χ1) is 9.04. The molecule has 0 aliphatic carbocycles. The molecule has 1 aromatic rings. The lowest BCUT2D eigenvalue weighted by Crippen LogP contribution is -2.51. The lowest BCUT2D eigenvalue weighted by Gasteiger charge is -2.40. The normalized spacial score (nSPS) is 21.2. The van der Waals surface area contributed by atoms with Gasteiger partial charge in [0.2, 0.25) is 0 Å². The highest BCUT2D eigenvalue weighted by atomic mass is 35.5. The maximum absolute atomic E-state index is 6.25. The number of piperazine rings is 1.